The molecule has 0 bridgehead atoms. The van der Waals surface area contributed by atoms with E-state index in [0.29, 0.717) is 17.7 Å². The topological polar surface area (TPSA) is 70.6 Å². The van der Waals surface area contributed by atoms with E-state index in [1.165, 1.54) is 0 Å². The summed E-state index contributed by atoms with van der Waals surface area (Å²) in [7, 11) is 0. The molecule has 2 aromatic rings. The van der Waals surface area contributed by atoms with Crippen LogP contribution in [0.2, 0.25) is 0 Å². The van der Waals surface area contributed by atoms with Crippen LogP contribution >= 0.6 is 11.3 Å². The van der Waals surface area contributed by atoms with E-state index in [0.717, 1.165) is 16.9 Å². The molecule has 0 aliphatic carbocycles. The van der Waals surface area contributed by atoms with E-state index < -0.39 is 0 Å². The predicted molar refractivity (Wildman–Crippen MR) is 94.1 cm³/mol. The molecule has 0 fully saturated rings. The smallest absolute Gasteiger partial charge is 0.271 e. The van der Waals surface area contributed by atoms with Crippen molar-refractivity contribution < 1.29 is 9.59 Å². The van der Waals surface area contributed by atoms with E-state index >= 15 is 0 Å². The van der Waals surface area contributed by atoms with Gasteiger partial charge in [-0.3, -0.25) is 9.59 Å². The molecule has 120 valence electrons. The number of anilines is 1. The van der Waals surface area contributed by atoms with Gasteiger partial charge in [0.2, 0.25) is 5.91 Å². The minimum atomic E-state index is -0.290. The molecule has 1 aromatic heterocycles. The fourth-order valence-electron chi connectivity index (χ4n) is 1.89. The SMILES string of the molecule is CCCC(=O)Nc1ccc(C(=O)NN=Cc2sccc2C)cc1. The van der Waals surface area contributed by atoms with Crippen LogP contribution < -0.4 is 10.7 Å². The second kappa shape index (κ2) is 8.24. The number of aryl methyl sites for hydroxylation is 1. The number of nitrogens with one attached hydrogen (secondary N) is 2. The standard InChI is InChI=1S/C17H19N3O2S/c1-3-4-16(21)19-14-7-5-13(6-8-14)17(22)20-18-11-15-12(2)9-10-23-15/h5-11H,3-4H2,1-2H3,(H,19,21)(H,20,22). The van der Waals surface area contributed by atoms with E-state index in [-0.39, 0.29) is 11.8 Å². The molecule has 0 saturated heterocycles. The number of amides is 2. The van der Waals surface area contributed by atoms with Crippen LogP contribution in [0, 0.1) is 6.92 Å². The molecule has 0 saturated carbocycles. The van der Waals surface area contributed by atoms with Gasteiger partial charge in [-0.2, -0.15) is 5.10 Å². The Balaban J connectivity index is 1.91. The van der Waals surface area contributed by atoms with Gasteiger partial charge in [0.15, 0.2) is 0 Å². The third kappa shape index (κ3) is 5.03. The summed E-state index contributed by atoms with van der Waals surface area (Å²) < 4.78 is 0. The first-order valence-corrected chi connectivity index (χ1v) is 8.25. The third-order valence-corrected chi connectivity index (χ3v) is 4.11. The molecule has 0 spiro atoms. The molecule has 23 heavy (non-hydrogen) atoms. The Morgan fingerprint density at radius 2 is 1.96 bits per heavy atom. The normalized spacial score (nSPS) is 10.7. The van der Waals surface area contributed by atoms with E-state index in [2.05, 4.69) is 15.8 Å². The highest BCUT2D eigenvalue weighted by atomic mass is 32.1. The number of nitrogens with zero attached hydrogens (tertiary/aromatic N) is 1. The Bertz CT molecular complexity index is 705. The van der Waals surface area contributed by atoms with Gasteiger partial charge in [0.1, 0.15) is 0 Å². The minimum Gasteiger partial charge on any atom is -0.326 e. The first-order chi connectivity index (χ1) is 11.1. The molecular weight excluding hydrogens is 310 g/mol. The first kappa shape index (κ1) is 16.9. The van der Waals surface area contributed by atoms with Crippen LogP contribution in [-0.2, 0) is 4.79 Å². The number of benzene rings is 1. The first-order valence-electron chi connectivity index (χ1n) is 7.37. The van der Waals surface area contributed by atoms with Crippen molar-refractivity contribution >= 4 is 35.1 Å². The second-order valence-corrected chi connectivity index (χ2v) is 5.99. The molecule has 0 radical (unpaired) electrons. The van der Waals surface area contributed by atoms with Crippen molar-refractivity contribution in [3.8, 4) is 0 Å². The van der Waals surface area contributed by atoms with E-state index in [1.54, 1.807) is 41.8 Å². The van der Waals surface area contributed by atoms with Crippen molar-refractivity contribution in [1.29, 1.82) is 0 Å². The summed E-state index contributed by atoms with van der Waals surface area (Å²) in [4.78, 5) is 24.5. The molecular formula is C17H19N3O2S. The number of hydrogen-bond donors (Lipinski definition) is 2. The average molecular weight is 329 g/mol. The van der Waals surface area contributed by atoms with Crippen LogP contribution in [0.1, 0.15) is 40.6 Å². The lowest BCUT2D eigenvalue weighted by Crippen LogP contribution is -2.17. The molecule has 0 atom stereocenters. The molecule has 1 aromatic carbocycles. The fourth-order valence-corrected chi connectivity index (χ4v) is 2.67. The highest BCUT2D eigenvalue weighted by Gasteiger charge is 2.05. The molecule has 0 aliphatic rings. The van der Waals surface area contributed by atoms with E-state index in [9.17, 15) is 9.59 Å². The highest BCUT2D eigenvalue weighted by molar-refractivity contribution is 7.11. The Morgan fingerprint density at radius 1 is 1.22 bits per heavy atom. The van der Waals surface area contributed by atoms with Crippen molar-refractivity contribution in [2.45, 2.75) is 26.7 Å². The molecule has 1 heterocycles. The lowest BCUT2D eigenvalue weighted by atomic mass is 10.2. The number of carbonyl (C=O) groups excluding carboxylic acids is 2. The molecule has 6 heteroatoms. The number of thiophene rings is 1. The molecule has 2 N–H and O–H groups in total. The van der Waals surface area contributed by atoms with Crippen molar-refractivity contribution in [2.75, 3.05) is 5.32 Å². The summed E-state index contributed by atoms with van der Waals surface area (Å²) in [6.07, 6.45) is 2.92. The summed E-state index contributed by atoms with van der Waals surface area (Å²) >= 11 is 1.57. The summed E-state index contributed by atoms with van der Waals surface area (Å²) in [5.41, 5.74) is 4.78. The van der Waals surface area contributed by atoms with Crippen molar-refractivity contribution in [1.82, 2.24) is 5.43 Å². The van der Waals surface area contributed by atoms with Crippen LogP contribution in [0.5, 0.6) is 0 Å². The fraction of sp³-hybridized carbons (Fsp3) is 0.235. The van der Waals surface area contributed by atoms with Crippen LogP contribution in [0.15, 0.2) is 40.8 Å². The number of hydrazone groups is 1. The zero-order valence-corrected chi connectivity index (χ0v) is 13.9. The Kier molecular flexibility index (Phi) is 6.05. The number of rotatable bonds is 6. The second-order valence-electron chi connectivity index (χ2n) is 5.04. The quantitative estimate of drug-likeness (QED) is 0.628. The monoisotopic (exact) mass is 329 g/mol. The highest BCUT2D eigenvalue weighted by Crippen LogP contribution is 2.13. The van der Waals surface area contributed by atoms with Gasteiger partial charge in [0.05, 0.1) is 6.21 Å². The van der Waals surface area contributed by atoms with Crippen LogP contribution in [0.4, 0.5) is 5.69 Å². The lowest BCUT2D eigenvalue weighted by molar-refractivity contribution is -0.116. The predicted octanol–water partition coefficient (Wildman–Crippen LogP) is 3.56. The Hall–Kier alpha value is -2.47. The van der Waals surface area contributed by atoms with Gasteiger partial charge in [-0.05, 0) is 54.6 Å². The maximum atomic E-state index is 12.0. The van der Waals surface area contributed by atoms with Gasteiger partial charge in [-0.1, -0.05) is 6.92 Å². The summed E-state index contributed by atoms with van der Waals surface area (Å²) in [6.45, 7) is 3.94. The largest absolute Gasteiger partial charge is 0.326 e. The third-order valence-electron chi connectivity index (χ3n) is 3.16. The Labute approximate surface area is 139 Å². The Morgan fingerprint density at radius 3 is 2.57 bits per heavy atom. The van der Waals surface area contributed by atoms with Crippen LogP contribution in [0.3, 0.4) is 0 Å². The van der Waals surface area contributed by atoms with Gasteiger partial charge >= 0.3 is 0 Å². The minimum absolute atomic E-state index is 0.0272. The van der Waals surface area contributed by atoms with Gasteiger partial charge in [-0.25, -0.2) is 5.43 Å². The zero-order chi connectivity index (χ0) is 16.7. The summed E-state index contributed by atoms with van der Waals surface area (Å²) in [6, 6.07) is 8.72. The van der Waals surface area contributed by atoms with E-state index in [1.807, 2.05) is 25.3 Å². The molecule has 2 amide bonds. The van der Waals surface area contributed by atoms with E-state index in [4.69, 9.17) is 0 Å². The number of carbonyl (C=O) groups is 2. The molecule has 5 nitrogen and oxygen atoms in total. The lowest BCUT2D eigenvalue weighted by Gasteiger charge is -2.05. The maximum absolute atomic E-state index is 12.0. The van der Waals surface area contributed by atoms with Crippen molar-refractivity contribution in [2.24, 2.45) is 5.10 Å². The molecule has 0 unspecified atom stereocenters. The van der Waals surface area contributed by atoms with Gasteiger partial charge < -0.3 is 5.32 Å². The van der Waals surface area contributed by atoms with Crippen LogP contribution in [-0.4, -0.2) is 18.0 Å². The average Bonchev–Trinajstić information content (AvgIpc) is 2.93. The number of hydrogen-bond acceptors (Lipinski definition) is 4. The van der Waals surface area contributed by atoms with Crippen LogP contribution in [0.25, 0.3) is 0 Å². The summed E-state index contributed by atoms with van der Waals surface area (Å²) in [5.74, 6) is -0.317. The van der Waals surface area contributed by atoms with Crippen molar-refractivity contribution in [3.05, 3.63) is 51.7 Å². The molecule has 0 aliphatic heterocycles. The van der Waals surface area contributed by atoms with Gasteiger partial charge in [0.25, 0.3) is 5.91 Å². The molecule has 2 rings (SSSR count). The van der Waals surface area contributed by atoms with Gasteiger partial charge in [0, 0.05) is 22.5 Å². The van der Waals surface area contributed by atoms with Crippen molar-refractivity contribution in [3.63, 3.8) is 0 Å². The maximum Gasteiger partial charge on any atom is 0.271 e. The summed E-state index contributed by atoms with van der Waals surface area (Å²) in [5, 5.41) is 8.72. The van der Waals surface area contributed by atoms with Gasteiger partial charge in [-0.15, -0.1) is 11.3 Å². The zero-order valence-electron chi connectivity index (χ0n) is 13.1.